The molecule has 0 spiro atoms. The molecule has 1 N–H and O–H groups in total. The van der Waals surface area contributed by atoms with Crippen molar-refractivity contribution in [1.82, 2.24) is 9.88 Å². The van der Waals surface area contributed by atoms with E-state index < -0.39 is 0 Å². The van der Waals surface area contributed by atoms with Crippen molar-refractivity contribution in [2.75, 3.05) is 18.4 Å². The van der Waals surface area contributed by atoms with E-state index in [1.54, 1.807) is 11.3 Å². The van der Waals surface area contributed by atoms with Gasteiger partial charge in [0.1, 0.15) is 0 Å². The lowest BCUT2D eigenvalue weighted by atomic mass is 10.1. The molecule has 0 bridgehead atoms. The molecule has 0 saturated heterocycles. The van der Waals surface area contributed by atoms with Crippen LogP contribution in [0.5, 0.6) is 0 Å². The Hall–Kier alpha value is -1.39. The van der Waals surface area contributed by atoms with Crippen LogP contribution in [0.15, 0.2) is 29.6 Å². The van der Waals surface area contributed by atoms with E-state index in [1.807, 2.05) is 0 Å². The van der Waals surface area contributed by atoms with Gasteiger partial charge in [0.15, 0.2) is 0 Å². The third-order valence-electron chi connectivity index (χ3n) is 3.76. The molecule has 1 aromatic carbocycles. The average molecular weight is 303 g/mol. The molecule has 0 aliphatic carbocycles. The van der Waals surface area contributed by atoms with Crippen LogP contribution in [0.25, 0.3) is 0 Å². The van der Waals surface area contributed by atoms with Crippen molar-refractivity contribution in [1.29, 1.82) is 0 Å². The van der Waals surface area contributed by atoms with Crippen molar-refractivity contribution in [2.45, 2.75) is 40.3 Å². The second kappa shape index (κ2) is 7.57. The van der Waals surface area contributed by atoms with Gasteiger partial charge in [-0.25, -0.2) is 4.98 Å². The molecule has 0 saturated carbocycles. The third-order valence-corrected chi connectivity index (χ3v) is 4.55. The summed E-state index contributed by atoms with van der Waals surface area (Å²) >= 11 is 1.71. The molecule has 114 valence electrons. The molecule has 0 amide bonds. The van der Waals surface area contributed by atoms with Crippen LogP contribution in [-0.2, 0) is 6.54 Å². The van der Waals surface area contributed by atoms with Crippen LogP contribution in [-0.4, -0.2) is 23.0 Å². The summed E-state index contributed by atoms with van der Waals surface area (Å²) in [6.45, 7) is 11.8. The van der Waals surface area contributed by atoms with Crippen molar-refractivity contribution in [3.05, 3.63) is 45.9 Å². The molecular formula is C17H25N3S. The Balaban J connectivity index is 2.12. The normalized spacial score (nSPS) is 12.6. The van der Waals surface area contributed by atoms with E-state index in [9.17, 15) is 0 Å². The third kappa shape index (κ3) is 4.29. The highest BCUT2D eigenvalue weighted by Gasteiger charge is 2.12. The molecule has 2 aromatic rings. The Morgan fingerprint density at radius 2 is 1.95 bits per heavy atom. The van der Waals surface area contributed by atoms with Crippen molar-refractivity contribution >= 4 is 17.0 Å². The van der Waals surface area contributed by atoms with E-state index in [0.29, 0.717) is 0 Å². The topological polar surface area (TPSA) is 28.2 Å². The molecule has 1 atom stereocenters. The van der Waals surface area contributed by atoms with Crippen molar-refractivity contribution in [2.24, 2.45) is 0 Å². The molecule has 1 aromatic heterocycles. The molecule has 1 heterocycles. The summed E-state index contributed by atoms with van der Waals surface area (Å²) in [5, 5.41) is 6.87. The molecule has 0 radical (unpaired) electrons. The van der Waals surface area contributed by atoms with E-state index in [2.05, 4.69) is 72.5 Å². The SMILES string of the molecule is CCN(CC)Cc1ccccc1NC(C)c1csc(C)n1. The predicted octanol–water partition coefficient (Wildman–Crippen LogP) is 4.47. The van der Waals surface area contributed by atoms with Gasteiger partial charge in [0.2, 0.25) is 0 Å². The second-order valence-electron chi connectivity index (χ2n) is 5.28. The number of benzene rings is 1. The Kier molecular flexibility index (Phi) is 5.76. The van der Waals surface area contributed by atoms with Crippen LogP contribution in [0.2, 0.25) is 0 Å². The first kappa shape index (κ1) is 16.0. The molecule has 3 nitrogen and oxygen atoms in total. The van der Waals surface area contributed by atoms with Gasteiger partial charge in [-0.2, -0.15) is 0 Å². The maximum absolute atomic E-state index is 4.58. The zero-order valence-corrected chi connectivity index (χ0v) is 14.2. The van der Waals surface area contributed by atoms with Crippen LogP contribution < -0.4 is 5.32 Å². The summed E-state index contributed by atoms with van der Waals surface area (Å²) < 4.78 is 0. The minimum absolute atomic E-state index is 0.229. The zero-order chi connectivity index (χ0) is 15.2. The molecular weight excluding hydrogens is 278 g/mol. The highest BCUT2D eigenvalue weighted by atomic mass is 32.1. The van der Waals surface area contributed by atoms with Gasteiger partial charge in [-0.3, -0.25) is 4.90 Å². The molecule has 1 unspecified atom stereocenters. The van der Waals surface area contributed by atoms with E-state index >= 15 is 0 Å². The minimum Gasteiger partial charge on any atom is -0.377 e. The second-order valence-corrected chi connectivity index (χ2v) is 6.34. The summed E-state index contributed by atoms with van der Waals surface area (Å²) in [4.78, 5) is 7.00. The first-order valence-electron chi connectivity index (χ1n) is 7.62. The van der Waals surface area contributed by atoms with Gasteiger partial charge in [0.05, 0.1) is 16.7 Å². The predicted molar refractivity (Wildman–Crippen MR) is 92.0 cm³/mol. The fourth-order valence-electron chi connectivity index (χ4n) is 2.37. The van der Waals surface area contributed by atoms with Gasteiger partial charge in [0.25, 0.3) is 0 Å². The maximum atomic E-state index is 4.58. The summed E-state index contributed by atoms with van der Waals surface area (Å²) in [5.74, 6) is 0. The fourth-order valence-corrected chi connectivity index (χ4v) is 3.08. The molecule has 0 aliphatic rings. The number of nitrogens with one attached hydrogen (secondary N) is 1. The summed E-state index contributed by atoms with van der Waals surface area (Å²) in [6.07, 6.45) is 0. The Labute approximate surface area is 132 Å². The first-order valence-corrected chi connectivity index (χ1v) is 8.50. The molecule has 4 heteroatoms. The van der Waals surface area contributed by atoms with Crippen LogP contribution in [0.3, 0.4) is 0 Å². The Morgan fingerprint density at radius 3 is 2.57 bits per heavy atom. The van der Waals surface area contributed by atoms with Gasteiger partial charge in [0, 0.05) is 17.6 Å². The Morgan fingerprint density at radius 1 is 1.24 bits per heavy atom. The number of aryl methyl sites for hydroxylation is 1. The van der Waals surface area contributed by atoms with Gasteiger partial charge in [-0.05, 0) is 38.6 Å². The molecule has 0 aliphatic heterocycles. The Bertz CT molecular complexity index is 561. The lowest BCUT2D eigenvalue weighted by Crippen LogP contribution is -2.23. The number of para-hydroxylation sites is 1. The number of hydrogen-bond donors (Lipinski definition) is 1. The van der Waals surface area contributed by atoms with Crippen LogP contribution in [0.4, 0.5) is 5.69 Å². The molecule has 21 heavy (non-hydrogen) atoms. The zero-order valence-electron chi connectivity index (χ0n) is 13.4. The van der Waals surface area contributed by atoms with E-state index in [0.717, 1.165) is 30.3 Å². The molecule has 2 rings (SSSR count). The van der Waals surface area contributed by atoms with Gasteiger partial charge >= 0.3 is 0 Å². The highest BCUT2D eigenvalue weighted by Crippen LogP contribution is 2.24. The first-order chi connectivity index (χ1) is 10.1. The lowest BCUT2D eigenvalue weighted by molar-refractivity contribution is 0.296. The smallest absolute Gasteiger partial charge is 0.0898 e. The lowest BCUT2D eigenvalue weighted by Gasteiger charge is -2.22. The van der Waals surface area contributed by atoms with Gasteiger partial charge < -0.3 is 5.32 Å². The van der Waals surface area contributed by atoms with Gasteiger partial charge in [-0.15, -0.1) is 11.3 Å². The fraction of sp³-hybridized carbons (Fsp3) is 0.471. The highest BCUT2D eigenvalue weighted by molar-refractivity contribution is 7.09. The van der Waals surface area contributed by atoms with E-state index in [4.69, 9.17) is 0 Å². The van der Waals surface area contributed by atoms with E-state index in [-0.39, 0.29) is 6.04 Å². The van der Waals surface area contributed by atoms with Crippen LogP contribution in [0.1, 0.15) is 43.1 Å². The number of hydrogen-bond acceptors (Lipinski definition) is 4. The van der Waals surface area contributed by atoms with Crippen molar-refractivity contribution < 1.29 is 0 Å². The van der Waals surface area contributed by atoms with Crippen LogP contribution in [0, 0.1) is 6.92 Å². The maximum Gasteiger partial charge on any atom is 0.0898 e. The van der Waals surface area contributed by atoms with Crippen LogP contribution >= 0.6 is 11.3 Å². The number of anilines is 1. The van der Waals surface area contributed by atoms with Crippen molar-refractivity contribution in [3.63, 3.8) is 0 Å². The van der Waals surface area contributed by atoms with Gasteiger partial charge in [-0.1, -0.05) is 32.0 Å². The minimum atomic E-state index is 0.229. The summed E-state index contributed by atoms with van der Waals surface area (Å²) in [6, 6.07) is 8.80. The number of rotatable bonds is 7. The number of nitrogens with zero attached hydrogens (tertiary/aromatic N) is 2. The quantitative estimate of drug-likeness (QED) is 0.818. The number of aromatic nitrogens is 1. The molecule has 0 fully saturated rings. The summed E-state index contributed by atoms with van der Waals surface area (Å²) in [7, 11) is 0. The van der Waals surface area contributed by atoms with E-state index in [1.165, 1.54) is 11.3 Å². The summed E-state index contributed by atoms with van der Waals surface area (Å²) in [5.41, 5.74) is 3.68. The number of thiazole rings is 1. The standard InChI is InChI=1S/C17H25N3S/c1-5-20(6-2)11-15-9-7-8-10-16(15)18-13(3)17-12-21-14(4)19-17/h7-10,12-13,18H,5-6,11H2,1-4H3. The van der Waals surface area contributed by atoms with Crippen molar-refractivity contribution in [3.8, 4) is 0 Å². The monoisotopic (exact) mass is 303 g/mol. The average Bonchev–Trinajstić information content (AvgIpc) is 2.93. The largest absolute Gasteiger partial charge is 0.377 e.